The van der Waals surface area contributed by atoms with Gasteiger partial charge in [-0.05, 0) is 48.5 Å². The van der Waals surface area contributed by atoms with Gasteiger partial charge in [0, 0.05) is 30.1 Å². The van der Waals surface area contributed by atoms with Crippen LogP contribution in [0.3, 0.4) is 0 Å². The highest BCUT2D eigenvalue weighted by atomic mass is 35.5. The van der Waals surface area contributed by atoms with Gasteiger partial charge in [-0.2, -0.15) is 5.10 Å². The Hall–Kier alpha value is -2.94. The summed E-state index contributed by atoms with van der Waals surface area (Å²) in [6, 6.07) is 14.4. The van der Waals surface area contributed by atoms with Crippen LogP contribution in [0.5, 0.6) is 0 Å². The molecule has 2 heterocycles. The standard InChI is InChI=1S/C21H19FN4O2S.ClH/c1-23-11-15-9-21(19-7-2-3-8-20(19)22)26(14-15)29(27,28)18-6-4-5-16(10-18)17-12-24-25-13-17;/h2-10,12-14,23H,11H2,1H3,(H,24,25);1H. The third-order valence-electron chi connectivity index (χ3n) is 4.60. The molecule has 0 aliphatic rings. The predicted molar refractivity (Wildman–Crippen MR) is 116 cm³/mol. The molecule has 0 aliphatic heterocycles. The highest BCUT2D eigenvalue weighted by Crippen LogP contribution is 2.30. The van der Waals surface area contributed by atoms with E-state index in [2.05, 4.69) is 15.5 Å². The van der Waals surface area contributed by atoms with E-state index in [0.29, 0.717) is 6.54 Å². The fourth-order valence-corrected chi connectivity index (χ4v) is 4.66. The molecule has 2 N–H and O–H groups in total. The molecule has 0 atom stereocenters. The van der Waals surface area contributed by atoms with E-state index in [0.717, 1.165) is 20.7 Å². The van der Waals surface area contributed by atoms with Crippen LogP contribution in [0, 0.1) is 5.82 Å². The molecule has 30 heavy (non-hydrogen) atoms. The van der Waals surface area contributed by atoms with E-state index in [4.69, 9.17) is 0 Å². The number of benzene rings is 2. The summed E-state index contributed by atoms with van der Waals surface area (Å²) >= 11 is 0. The van der Waals surface area contributed by atoms with Crippen molar-refractivity contribution in [2.24, 2.45) is 0 Å². The molecule has 0 amide bonds. The number of aromatic amines is 1. The largest absolute Gasteiger partial charge is 0.316 e. The number of halogens is 2. The normalized spacial score (nSPS) is 11.3. The van der Waals surface area contributed by atoms with Crippen molar-refractivity contribution in [3.8, 4) is 22.4 Å². The first kappa shape index (κ1) is 21.8. The minimum absolute atomic E-state index is 0. The minimum Gasteiger partial charge on any atom is -0.316 e. The number of hydrogen-bond donors (Lipinski definition) is 2. The molecule has 0 aliphatic carbocycles. The fourth-order valence-electron chi connectivity index (χ4n) is 3.22. The Balaban J connectivity index is 0.00000256. The van der Waals surface area contributed by atoms with Gasteiger partial charge < -0.3 is 5.32 Å². The average molecular weight is 447 g/mol. The van der Waals surface area contributed by atoms with E-state index in [1.807, 2.05) is 6.07 Å². The summed E-state index contributed by atoms with van der Waals surface area (Å²) in [7, 11) is -2.19. The molecule has 2 aromatic heterocycles. The Labute approximate surface area is 180 Å². The number of nitrogens with zero attached hydrogens (tertiary/aromatic N) is 2. The maximum atomic E-state index is 14.5. The second kappa shape index (κ2) is 8.83. The first-order valence-electron chi connectivity index (χ1n) is 8.96. The van der Waals surface area contributed by atoms with Crippen LogP contribution in [0.25, 0.3) is 22.4 Å². The van der Waals surface area contributed by atoms with Crippen LogP contribution in [0.2, 0.25) is 0 Å². The van der Waals surface area contributed by atoms with Gasteiger partial charge in [0.1, 0.15) is 5.82 Å². The van der Waals surface area contributed by atoms with Crippen LogP contribution < -0.4 is 5.32 Å². The van der Waals surface area contributed by atoms with Crippen molar-refractivity contribution in [1.29, 1.82) is 0 Å². The van der Waals surface area contributed by atoms with Gasteiger partial charge in [0.15, 0.2) is 0 Å². The van der Waals surface area contributed by atoms with Crippen LogP contribution in [0.4, 0.5) is 4.39 Å². The molecule has 0 unspecified atom stereocenters. The summed E-state index contributed by atoms with van der Waals surface area (Å²) in [5.41, 5.74) is 2.74. The van der Waals surface area contributed by atoms with Crippen molar-refractivity contribution in [3.05, 3.63) is 84.6 Å². The maximum Gasteiger partial charge on any atom is 0.268 e. The predicted octanol–water partition coefficient (Wildman–Crippen LogP) is 4.06. The van der Waals surface area contributed by atoms with Crippen molar-refractivity contribution in [2.45, 2.75) is 11.4 Å². The number of rotatable bonds is 6. The highest BCUT2D eigenvalue weighted by molar-refractivity contribution is 7.90. The van der Waals surface area contributed by atoms with Gasteiger partial charge in [0.25, 0.3) is 10.0 Å². The van der Waals surface area contributed by atoms with Gasteiger partial charge in [0.2, 0.25) is 0 Å². The van der Waals surface area contributed by atoms with Crippen LogP contribution >= 0.6 is 12.4 Å². The SMILES string of the molecule is CNCc1cc(-c2ccccc2F)n(S(=O)(=O)c2cccc(-c3cn[nH]c3)c2)c1.Cl. The van der Waals surface area contributed by atoms with Gasteiger partial charge >= 0.3 is 0 Å². The monoisotopic (exact) mass is 446 g/mol. The van der Waals surface area contributed by atoms with Crippen LogP contribution in [0.15, 0.2) is 78.1 Å². The zero-order valence-corrected chi connectivity index (χ0v) is 17.7. The molecule has 2 aromatic carbocycles. The van der Waals surface area contributed by atoms with E-state index in [9.17, 15) is 12.8 Å². The lowest BCUT2D eigenvalue weighted by Gasteiger charge is -2.12. The number of nitrogens with one attached hydrogen (secondary N) is 2. The second-order valence-electron chi connectivity index (χ2n) is 6.56. The zero-order chi connectivity index (χ0) is 20.4. The second-order valence-corrected chi connectivity index (χ2v) is 8.37. The molecule has 0 radical (unpaired) electrons. The van der Waals surface area contributed by atoms with Gasteiger partial charge in [-0.3, -0.25) is 5.10 Å². The zero-order valence-electron chi connectivity index (χ0n) is 16.0. The Kier molecular flexibility index (Phi) is 6.40. The summed E-state index contributed by atoms with van der Waals surface area (Å²) in [5, 5.41) is 9.62. The van der Waals surface area contributed by atoms with Crippen molar-refractivity contribution in [3.63, 3.8) is 0 Å². The van der Waals surface area contributed by atoms with Gasteiger partial charge in [0.05, 0.1) is 16.8 Å². The average Bonchev–Trinajstić information content (AvgIpc) is 3.39. The quantitative estimate of drug-likeness (QED) is 0.468. The Morgan fingerprint density at radius 1 is 1.10 bits per heavy atom. The highest BCUT2D eigenvalue weighted by Gasteiger charge is 2.23. The summed E-state index contributed by atoms with van der Waals surface area (Å²) in [4.78, 5) is 0.111. The minimum atomic E-state index is -3.95. The van der Waals surface area contributed by atoms with E-state index in [-0.39, 0.29) is 28.6 Å². The molecule has 4 aromatic rings. The van der Waals surface area contributed by atoms with Gasteiger partial charge in [-0.15, -0.1) is 12.4 Å². The Bertz CT molecular complexity index is 1250. The Morgan fingerprint density at radius 2 is 1.90 bits per heavy atom. The smallest absolute Gasteiger partial charge is 0.268 e. The first-order chi connectivity index (χ1) is 14.0. The fraction of sp³-hybridized carbons (Fsp3) is 0.0952. The maximum absolute atomic E-state index is 14.5. The molecule has 0 spiro atoms. The van der Waals surface area contributed by atoms with E-state index >= 15 is 0 Å². The van der Waals surface area contributed by atoms with Crippen molar-refractivity contribution < 1.29 is 12.8 Å². The van der Waals surface area contributed by atoms with E-state index in [1.54, 1.807) is 55.8 Å². The lowest BCUT2D eigenvalue weighted by molar-refractivity contribution is 0.587. The van der Waals surface area contributed by atoms with Gasteiger partial charge in [-0.25, -0.2) is 16.8 Å². The molecular formula is C21H20ClFN4O2S. The van der Waals surface area contributed by atoms with E-state index in [1.165, 1.54) is 18.3 Å². The molecule has 0 bridgehead atoms. The molecule has 0 saturated carbocycles. The number of H-pyrrole nitrogens is 1. The van der Waals surface area contributed by atoms with Crippen LogP contribution in [-0.4, -0.2) is 29.6 Å². The molecule has 156 valence electrons. The summed E-state index contributed by atoms with van der Waals surface area (Å²) in [5.74, 6) is -0.481. The van der Waals surface area contributed by atoms with Crippen molar-refractivity contribution in [1.82, 2.24) is 19.5 Å². The number of aromatic nitrogens is 3. The third kappa shape index (κ3) is 4.02. The molecule has 0 fully saturated rings. The van der Waals surface area contributed by atoms with E-state index < -0.39 is 15.8 Å². The summed E-state index contributed by atoms with van der Waals surface area (Å²) < 4.78 is 42.6. The summed E-state index contributed by atoms with van der Waals surface area (Å²) in [6.07, 6.45) is 4.84. The third-order valence-corrected chi connectivity index (χ3v) is 6.27. The summed E-state index contributed by atoms with van der Waals surface area (Å²) in [6.45, 7) is 0.457. The lowest BCUT2D eigenvalue weighted by atomic mass is 10.1. The van der Waals surface area contributed by atoms with Crippen molar-refractivity contribution in [2.75, 3.05) is 7.05 Å². The lowest BCUT2D eigenvalue weighted by Crippen LogP contribution is -2.14. The van der Waals surface area contributed by atoms with Crippen LogP contribution in [0.1, 0.15) is 5.56 Å². The molecular weight excluding hydrogens is 427 g/mol. The molecule has 0 saturated heterocycles. The number of hydrogen-bond acceptors (Lipinski definition) is 4. The topological polar surface area (TPSA) is 79.8 Å². The van der Waals surface area contributed by atoms with Crippen LogP contribution in [-0.2, 0) is 16.6 Å². The Morgan fingerprint density at radius 3 is 2.60 bits per heavy atom. The molecule has 6 nitrogen and oxygen atoms in total. The molecule has 9 heteroatoms. The first-order valence-corrected chi connectivity index (χ1v) is 10.4. The molecule has 4 rings (SSSR count). The van der Waals surface area contributed by atoms with Crippen molar-refractivity contribution >= 4 is 22.4 Å². The van der Waals surface area contributed by atoms with Gasteiger partial charge in [-0.1, -0.05) is 24.3 Å².